The first-order valence-electron chi connectivity index (χ1n) is 7.17. The van der Waals surface area contributed by atoms with Crippen molar-refractivity contribution in [2.75, 3.05) is 5.32 Å². The molecular formula is C15H24N2O2S. The second-order valence-electron chi connectivity index (χ2n) is 7.05. The third kappa shape index (κ3) is 3.32. The van der Waals surface area contributed by atoms with E-state index in [2.05, 4.69) is 24.1 Å². The van der Waals surface area contributed by atoms with E-state index in [-0.39, 0.29) is 0 Å². The van der Waals surface area contributed by atoms with Crippen LogP contribution < -0.4 is 5.32 Å². The molecule has 0 atom stereocenters. The number of carboxylic acids is 1. The van der Waals surface area contributed by atoms with Crippen molar-refractivity contribution in [1.29, 1.82) is 0 Å². The molecule has 1 fully saturated rings. The average molecular weight is 296 g/mol. The lowest BCUT2D eigenvalue weighted by atomic mass is 9.76. The summed E-state index contributed by atoms with van der Waals surface area (Å²) < 4.78 is 0. The molecule has 0 amide bonds. The second-order valence-corrected chi connectivity index (χ2v) is 7.91. The first kappa shape index (κ1) is 15.3. The molecule has 4 nitrogen and oxygen atoms in total. The van der Waals surface area contributed by atoms with E-state index in [0.29, 0.717) is 17.2 Å². The largest absolute Gasteiger partial charge is 0.481 e. The number of aliphatic carboxylic acids is 1. The molecule has 0 unspecified atom stereocenters. The average Bonchev–Trinajstić information content (AvgIpc) is 2.81. The van der Waals surface area contributed by atoms with Gasteiger partial charge in [0.15, 0.2) is 5.13 Å². The number of thiazole rings is 1. The highest BCUT2D eigenvalue weighted by Gasteiger charge is 2.32. The van der Waals surface area contributed by atoms with Gasteiger partial charge in [0.1, 0.15) is 5.41 Å². The molecule has 2 rings (SSSR count). The Morgan fingerprint density at radius 1 is 1.45 bits per heavy atom. The van der Waals surface area contributed by atoms with Gasteiger partial charge in [-0.3, -0.25) is 4.79 Å². The van der Waals surface area contributed by atoms with Crippen molar-refractivity contribution in [3.8, 4) is 0 Å². The lowest BCUT2D eigenvalue weighted by Gasteiger charge is -2.34. The molecule has 0 radical (unpaired) electrons. The standard InChI is InChI=1S/C15H24N2O2S/c1-14(2)7-5-10(6-8-14)16-13-17-11(9-20-13)15(3,4)12(18)19/h9-10H,5-8H2,1-4H3,(H,16,17)(H,18,19). The minimum absolute atomic E-state index is 0.456. The third-order valence-electron chi connectivity index (χ3n) is 4.35. The van der Waals surface area contributed by atoms with E-state index in [1.807, 2.05) is 5.38 Å². The fourth-order valence-electron chi connectivity index (χ4n) is 2.45. The van der Waals surface area contributed by atoms with Crippen LogP contribution in [0.15, 0.2) is 5.38 Å². The Hall–Kier alpha value is -1.10. The van der Waals surface area contributed by atoms with Crippen molar-refractivity contribution >= 4 is 22.4 Å². The minimum Gasteiger partial charge on any atom is -0.481 e. The van der Waals surface area contributed by atoms with Gasteiger partial charge in [-0.2, -0.15) is 0 Å². The Labute approximate surface area is 124 Å². The summed E-state index contributed by atoms with van der Waals surface area (Å²) in [6.07, 6.45) is 4.77. The van der Waals surface area contributed by atoms with E-state index in [1.54, 1.807) is 13.8 Å². The molecule has 1 saturated carbocycles. The van der Waals surface area contributed by atoms with E-state index in [0.717, 1.165) is 18.0 Å². The molecule has 0 spiro atoms. The zero-order chi connectivity index (χ0) is 15.0. The van der Waals surface area contributed by atoms with Crippen molar-refractivity contribution in [3.05, 3.63) is 11.1 Å². The van der Waals surface area contributed by atoms with E-state index in [9.17, 15) is 9.90 Å². The number of nitrogens with zero attached hydrogens (tertiary/aromatic N) is 1. The molecule has 0 bridgehead atoms. The molecule has 0 aliphatic heterocycles. The Morgan fingerprint density at radius 2 is 2.05 bits per heavy atom. The zero-order valence-electron chi connectivity index (χ0n) is 12.7. The van der Waals surface area contributed by atoms with E-state index in [4.69, 9.17) is 0 Å². The minimum atomic E-state index is -0.926. The number of anilines is 1. The van der Waals surface area contributed by atoms with Crippen LogP contribution in [0.5, 0.6) is 0 Å². The first-order valence-corrected chi connectivity index (χ1v) is 8.05. The maximum atomic E-state index is 11.2. The molecule has 0 aromatic carbocycles. The van der Waals surface area contributed by atoms with E-state index in [1.165, 1.54) is 24.2 Å². The van der Waals surface area contributed by atoms with E-state index >= 15 is 0 Å². The Bertz CT molecular complexity index is 484. The number of carboxylic acid groups (broad SMARTS) is 1. The SMILES string of the molecule is CC1(C)CCC(Nc2nc(C(C)(C)C(=O)O)cs2)CC1. The summed E-state index contributed by atoms with van der Waals surface area (Å²) in [4.78, 5) is 15.7. The van der Waals surface area contributed by atoms with E-state index < -0.39 is 11.4 Å². The van der Waals surface area contributed by atoms with Crippen LogP contribution in [-0.2, 0) is 10.2 Å². The van der Waals surface area contributed by atoms with Crippen LogP contribution in [-0.4, -0.2) is 22.1 Å². The topological polar surface area (TPSA) is 62.2 Å². The molecule has 1 aromatic heterocycles. The fourth-order valence-corrected chi connectivity index (χ4v) is 3.41. The summed E-state index contributed by atoms with van der Waals surface area (Å²) in [5, 5.41) is 15.4. The lowest BCUT2D eigenvalue weighted by Crippen LogP contribution is -2.30. The van der Waals surface area contributed by atoms with Gasteiger partial charge in [0.2, 0.25) is 0 Å². The van der Waals surface area contributed by atoms with Crippen molar-refractivity contribution in [3.63, 3.8) is 0 Å². The van der Waals surface area contributed by atoms with Crippen molar-refractivity contribution < 1.29 is 9.90 Å². The molecule has 0 saturated heterocycles. The van der Waals surface area contributed by atoms with Gasteiger partial charge in [-0.25, -0.2) is 4.98 Å². The second kappa shape index (κ2) is 5.35. The number of hydrogen-bond acceptors (Lipinski definition) is 4. The lowest BCUT2D eigenvalue weighted by molar-refractivity contribution is -0.142. The molecule has 1 aliphatic rings. The van der Waals surface area contributed by atoms with Crippen LogP contribution >= 0.6 is 11.3 Å². The van der Waals surface area contributed by atoms with Crippen molar-refractivity contribution in [2.24, 2.45) is 5.41 Å². The Kier molecular flexibility index (Phi) is 4.09. The third-order valence-corrected chi connectivity index (χ3v) is 5.12. The molecule has 1 heterocycles. The summed E-state index contributed by atoms with van der Waals surface area (Å²) in [6.45, 7) is 8.02. The smallest absolute Gasteiger partial charge is 0.315 e. The number of nitrogens with one attached hydrogen (secondary N) is 1. The van der Waals surface area contributed by atoms with Crippen LogP contribution in [0.25, 0.3) is 0 Å². The predicted molar refractivity (Wildman–Crippen MR) is 82.4 cm³/mol. The van der Waals surface area contributed by atoms with Crippen molar-refractivity contribution in [2.45, 2.75) is 64.8 Å². The highest BCUT2D eigenvalue weighted by molar-refractivity contribution is 7.13. The van der Waals surface area contributed by atoms with Gasteiger partial charge in [0.05, 0.1) is 5.69 Å². The number of aromatic nitrogens is 1. The van der Waals surface area contributed by atoms with Gasteiger partial charge < -0.3 is 10.4 Å². The van der Waals surface area contributed by atoms with Crippen LogP contribution in [0.1, 0.15) is 59.1 Å². The fraction of sp³-hybridized carbons (Fsp3) is 0.733. The normalized spacial score (nSPS) is 19.8. The summed E-state index contributed by atoms with van der Waals surface area (Å²) in [5.74, 6) is -0.839. The number of rotatable bonds is 4. The first-order chi connectivity index (χ1) is 9.21. The number of carbonyl (C=O) groups is 1. The highest BCUT2D eigenvalue weighted by Crippen LogP contribution is 2.36. The molecule has 2 N–H and O–H groups in total. The molecule has 1 aliphatic carbocycles. The van der Waals surface area contributed by atoms with Crippen LogP contribution in [0, 0.1) is 5.41 Å². The Balaban J connectivity index is 1.99. The van der Waals surface area contributed by atoms with Gasteiger partial charge in [0.25, 0.3) is 0 Å². The monoisotopic (exact) mass is 296 g/mol. The highest BCUT2D eigenvalue weighted by atomic mass is 32.1. The Morgan fingerprint density at radius 3 is 2.60 bits per heavy atom. The van der Waals surface area contributed by atoms with Crippen LogP contribution in [0.4, 0.5) is 5.13 Å². The molecule has 20 heavy (non-hydrogen) atoms. The predicted octanol–water partition coefficient (Wildman–Crippen LogP) is 3.89. The molecule has 112 valence electrons. The van der Waals surface area contributed by atoms with Gasteiger partial charge in [-0.05, 0) is 44.9 Å². The summed E-state index contributed by atoms with van der Waals surface area (Å²) >= 11 is 1.50. The van der Waals surface area contributed by atoms with Gasteiger partial charge >= 0.3 is 5.97 Å². The van der Waals surface area contributed by atoms with Crippen LogP contribution in [0.2, 0.25) is 0 Å². The molecule has 5 heteroatoms. The van der Waals surface area contributed by atoms with Gasteiger partial charge in [-0.1, -0.05) is 13.8 Å². The van der Waals surface area contributed by atoms with Gasteiger partial charge in [-0.15, -0.1) is 11.3 Å². The summed E-state index contributed by atoms with van der Waals surface area (Å²) in [7, 11) is 0. The van der Waals surface area contributed by atoms with Crippen LogP contribution in [0.3, 0.4) is 0 Å². The quantitative estimate of drug-likeness (QED) is 0.885. The summed E-state index contributed by atoms with van der Waals surface area (Å²) in [6, 6.07) is 0.468. The summed E-state index contributed by atoms with van der Waals surface area (Å²) in [5.41, 5.74) is 0.163. The van der Waals surface area contributed by atoms with Crippen molar-refractivity contribution in [1.82, 2.24) is 4.98 Å². The zero-order valence-corrected chi connectivity index (χ0v) is 13.5. The van der Waals surface area contributed by atoms with Gasteiger partial charge in [0, 0.05) is 11.4 Å². The maximum absolute atomic E-state index is 11.2. The molecule has 1 aromatic rings. The number of hydrogen-bond donors (Lipinski definition) is 2. The maximum Gasteiger partial charge on any atom is 0.315 e. The molecular weight excluding hydrogens is 272 g/mol.